The van der Waals surface area contributed by atoms with Crippen molar-refractivity contribution in [3.8, 4) is 0 Å². The third kappa shape index (κ3) is 4.09. The summed E-state index contributed by atoms with van der Waals surface area (Å²) in [5.41, 5.74) is 1.50. The van der Waals surface area contributed by atoms with Crippen LogP contribution >= 0.6 is 22.9 Å². The molecule has 1 unspecified atom stereocenters. The van der Waals surface area contributed by atoms with Gasteiger partial charge in [-0.05, 0) is 44.0 Å². The van der Waals surface area contributed by atoms with Crippen molar-refractivity contribution in [3.05, 3.63) is 45.9 Å². The lowest BCUT2D eigenvalue weighted by Gasteiger charge is -2.13. The van der Waals surface area contributed by atoms with Gasteiger partial charge in [0.15, 0.2) is 5.13 Å². The highest BCUT2D eigenvalue weighted by Gasteiger charge is 2.26. The monoisotopic (exact) mass is 349 g/mol. The fraction of sp³-hybridized carbons (Fsp3) is 0.312. The van der Waals surface area contributed by atoms with Gasteiger partial charge in [-0.3, -0.25) is 9.59 Å². The van der Waals surface area contributed by atoms with Crippen molar-refractivity contribution in [2.24, 2.45) is 0 Å². The zero-order valence-electron chi connectivity index (χ0n) is 12.5. The number of anilines is 1. The summed E-state index contributed by atoms with van der Waals surface area (Å²) in [6.07, 6.45) is 2.34. The van der Waals surface area contributed by atoms with Crippen LogP contribution in [0.1, 0.15) is 41.7 Å². The maximum absolute atomic E-state index is 12.1. The Morgan fingerprint density at radius 3 is 2.65 bits per heavy atom. The first-order valence-corrected chi connectivity index (χ1v) is 8.61. The van der Waals surface area contributed by atoms with Gasteiger partial charge in [0.2, 0.25) is 5.91 Å². The highest BCUT2D eigenvalue weighted by Crippen LogP contribution is 2.40. The van der Waals surface area contributed by atoms with Crippen LogP contribution in [0.5, 0.6) is 0 Å². The molecule has 2 N–H and O–H groups in total. The molecule has 1 saturated carbocycles. The number of halogens is 1. The number of nitrogens with zero attached hydrogens (tertiary/aromatic N) is 1. The van der Waals surface area contributed by atoms with Crippen LogP contribution in [-0.2, 0) is 4.79 Å². The van der Waals surface area contributed by atoms with Crippen LogP contribution in [0.15, 0.2) is 29.6 Å². The fourth-order valence-electron chi connectivity index (χ4n) is 2.07. The molecule has 7 heteroatoms. The normalized spacial score (nSPS) is 15.0. The molecule has 0 aliphatic heterocycles. The highest BCUT2D eigenvalue weighted by molar-refractivity contribution is 7.13. The van der Waals surface area contributed by atoms with Crippen molar-refractivity contribution in [2.45, 2.75) is 31.7 Å². The second-order valence-electron chi connectivity index (χ2n) is 5.54. The molecule has 1 heterocycles. The fourth-order valence-corrected chi connectivity index (χ4v) is 2.99. The van der Waals surface area contributed by atoms with Crippen molar-refractivity contribution in [2.75, 3.05) is 5.32 Å². The smallest absolute Gasteiger partial charge is 0.251 e. The number of aromatic nitrogens is 1. The van der Waals surface area contributed by atoms with Crippen LogP contribution in [0.4, 0.5) is 5.13 Å². The van der Waals surface area contributed by atoms with Gasteiger partial charge in [-0.15, -0.1) is 11.3 Å². The van der Waals surface area contributed by atoms with Crippen molar-refractivity contribution >= 4 is 39.9 Å². The zero-order chi connectivity index (χ0) is 16.4. The SMILES string of the molecule is CC(NC(=O)c1ccc(Cl)cc1)C(=O)Nc1nc(C2CC2)cs1. The Hall–Kier alpha value is -1.92. The number of amides is 2. The molecule has 1 aliphatic rings. The molecule has 2 aromatic rings. The first-order chi connectivity index (χ1) is 11.0. The number of carbonyl (C=O) groups is 2. The van der Waals surface area contributed by atoms with E-state index in [9.17, 15) is 9.59 Å². The largest absolute Gasteiger partial charge is 0.341 e. The van der Waals surface area contributed by atoms with Crippen LogP contribution < -0.4 is 10.6 Å². The van der Waals surface area contributed by atoms with Gasteiger partial charge in [-0.2, -0.15) is 0 Å². The van der Waals surface area contributed by atoms with E-state index in [1.165, 1.54) is 24.2 Å². The molecule has 5 nitrogen and oxygen atoms in total. The lowest BCUT2D eigenvalue weighted by atomic mass is 10.2. The lowest BCUT2D eigenvalue weighted by molar-refractivity contribution is -0.117. The number of benzene rings is 1. The molecule has 120 valence electrons. The minimum absolute atomic E-state index is 0.288. The lowest BCUT2D eigenvalue weighted by Crippen LogP contribution is -2.41. The average molecular weight is 350 g/mol. The van der Waals surface area contributed by atoms with Gasteiger partial charge >= 0.3 is 0 Å². The maximum atomic E-state index is 12.1. The van der Waals surface area contributed by atoms with E-state index in [0.717, 1.165) is 5.69 Å². The highest BCUT2D eigenvalue weighted by atomic mass is 35.5. The van der Waals surface area contributed by atoms with Crippen molar-refractivity contribution in [3.63, 3.8) is 0 Å². The summed E-state index contributed by atoms with van der Waals surface area (Å²) < 4.78 is 0. The molecule has 1 fully saturated rings. The van der Waals surface area contributed by atoms with Gasteiger partial charge in [-0.1, -0.05) is 11.6 Å². The number of hydrogen-bond acceptors (Lipinski definition) is 4. The summed E-state index contributed by atoms with van der Waals surface area (Å²) in [6, 6.07) is 5.84. The van der Waals surface area contributed by atoms with E-state index in [2.05, 4.69) is 15.6 Å². The second kappa shape index (κ2) is 6.68. The minimum atomic E-state index is -0.661. The Labute approximate surface area is 143 Å². The molecular weight excluding hydrogens is 334 g/mol. The standard InChI is InChI=1S/C16H16ClN3O2S/c1-9(18-15(22)11-4-6-12(17)7-5-11)14(21)20-16-19-13(8-23-16)10-2-3-10/h4-10H,2-3H2,1H3,(H,18,22)(H,19,20,21). The zero-order valence-corrected chi connectivity index (χ0v) is 14.1. The summed E-state index contributed by atoms with van der Waals surface area (Å²) in [7, 11) is 0. The molecule has 2 amide bonds. The summed E-state index contributed by atoms with van der Waals surface area (Å²) >= 11 is 7.20. The van der Waals surface area contributed by atoms with Crippen LogP contribution in [-0.4, -0.2) is 22.8 Å². The van der Waals surface area contributed by atoms with Crippen LogP contribution in [0.2, 0.25) is 5.02 Å². The van der Waals surface area contributed by atoms with Crippen molar-refractivity contribution in [1.29, 1.82) is 0 Å². The van der Waals surface area contributed by atoms with E-state index in [1.807, 2.05) is 5.38 Å². The number of hydrogen-bond donors (Lipinski definition) is 2. The number of rotatable bonds is 5. The van der Waals surface area contributed by atoms with E-state index in [-0.39, 0.29) is 11.8 Å². The van der Waals surface area contributed by atoms with Gasteiger partial charge in [0.1, 0.15) is 6.04 Å². The second-order valence-corrected chi connectivity index (χ2v) is 6.84. The van der Waals surface area contributed by atoms with E-state index in [4.69, 9.17) is 11.6 Å². The molecule has 1 aromatic heterocycles. The summed E-state index contributed by atoms with van der Waals surface area (Å²) in [6.45, 7) is 1.64. The van der Waals surface area contributed by atoms with Crippen LogP contribution in [0.25, 0.3) is 0 Å². The van der Waals surface area contributed by atoms with Gasteiger partial charge in [0, 0.05) is 21.9 Å². The van der Waals surface area contributed by atoms with Crippen molar-refractivity contribution in [1.82, 2.24) is 10.3 Å². The van der Waals surface area contributed by atoms with Gasteiger partial charge in [-0.25, -0.2) is 4.98 Å². The summed E-state index contributed by atoms with van der Waals surface area (Å²) in [4.78, 5) is 28.6. The molecule has 0 bridgehead atoms. The topological polar surface area (TPSA) is 71.1 Å². The van der Waals surface area contributed by atoms with Gasteiger partial charge < -0.3 is 10.6 Å². The van der Waals surface area contributed by atoms with Gasteiger partial charge in [0.25, 0.3) is 5.91 Å². The molecule has 23 heavy (non-hydrogen) atoms. The number of carbonyl (C=O) groups excluding carboxylic acids is 2. The first kappa shape index (κ1) is 16.0. The third-order valence-electron chi connectivity index (χ3n) is 3.59. The van der Waals surface area contributed by atoms with E-state index in [1.54, 1.807) is 31.2 Å². The van der Waals surface area contributed by atoms with Crippen LogP contribution in [0, 0.1) is 0 Å². The Bertz CT molecular complexity index is 725. The molecule has 0 radical (unpaired) electrons. The number of nitrogens with one attached hydrogen (secondary N) is 2. The van der Waals surface area contributed by atoms with Crippen LogP contribution in [0.3, 0.4) is 0 Å². The Kier molecular flexibility index (Phi) is 4.63. The van der Waals surface area contributed by atoms with E-state index < -0.39 is 6.04 Å². The molecule has 0 spiro atoms. The maximum Gasteiger partial charge on any atom is 0.251 e. The average Bonchev–Trinajstić information content (AvgIpc) is 3.28. The summed E-state index contributed by atoms with van der Waals surface area (Å²) in [5, 5.41) is 8.51. The van der Waals surface area contributed by atoms with E-state index >= 15 is 0 Å². The van der Waals surface area contributed by atoms with E-state index in [0.29, 0.717) is 21.6 Å². The quantitative estimate of drug-likeness (QED) is 0.868. The third-order valence-corrected chi connectivity index (χ3v) is 4.62. The minimum Gasteiger partial charge on any atom is -0.341 e. The molecule has 1 aromatic carbocycles. The Morgan fingerprint density at radius 1 is 1.30 bits per heavy atom. The predicted molar refractivity (Wildman–Crippen MR) is 91.1 cm³/mol. The molecule has 1 atom stereocenters. The Morgan fingerprint density at radius 2 is 2.00 bits per heavy atom. The Balaban J connectivity index is 1.55. The van der Waals surface area contributed by atoms with Gasteiger partial charge in [0.05, 0.1) is 5.69 Å². The molecule has 1 aliphatic carbocycles. The molecular formula is C16H16ClN3O2S. The molecule has 3 rings (SSSR count). The number of thiazole rings is 1. The summed E-state index contributed by atoms with van der Waals surface area (Å²) in [5.74, 6) is -0.0509. The van der Waals surface area contributed by atoms with Crippen molar-refractivity contribution < 1.29 is 9.59 Å². The first-order valence-electron chi connectivity index (χ1n) is 7.35. The molecule has 0 saturated heterocycles. The predicted octanol–water partition coefficient (Wildman–Crippen LogP) is 3.43.